The van der Waals surface area contributed by atoms with Crippen LogP contribution in [0.3, 0.4) is 0 Å². The Morgan fingerprint density at radius 2 is 1.94 bits per heavy atom. The van der Waals surface area contributed by atoms with Crippen molar-refractivity contribution in [3.05, 3.63) is 24.3 Å². The molecule has 1 fully saturated rings. The molecule has 0 bridgehead atoms. The molecule has 1 aromatic carbocycles. The van der Waals surface area contributed by atoms with E-state index in [0.29, 0.717) is 12.1 Å². The van der Waals surface area contributed by atoms with Crippen LogP contribution in [0.4, 0.5) is 5.69 Å². The number of ether oxygens (including phenoxy) is 1. The Balaban J connectivity index is 1.93. The summed E-state index contributed by atoms with van der Waals surface area (Å²) >= 11 is 0. The van der Waals surface area contributed by atoms with Crippen LogP contribution in [0, 0.1) is 0 Å². The van der Waals surface area contributed by atoms with Gasteiger partial charge in [-0.05, 0) is 57.4 Å². The first-order valence-electron chi connectivity index (χ1n) is 6.44. The first kappa shape index (κ1) is 12.2. The van der Waals surface area contributed by atoms with E-state index >= 15 is 0 Å². The molecule has 94 valence electrons. The molecule has 17 heavy (non-hydrogen) atoms. The van der Waals surface area contributed by atoms with Gasteiger partial charge in [0.15, 0.2) is 0 Å². The fraction of sp³-hybridized carbons (Fsp3) is 0.571. The highest BCUT2D eigenvalue weighted by Crippen LogP contribution is 2.23. The molecule has 2 atom stereocenters. The van der Waals surface area contributed by atoms with Crippen LogP contribution in [0.1, 0.15) is 33.1 Å². The largest absolute Gasteiger partial charge is 0.491 e. The van der Waals surface area contributed by atoms with Crippen molar-refractivity contribution in [3.8, 4) is 5.75 Å². The number of nitrogens with one attached hydrogen (secondary N) is 1. The highest BCUT2D eigenvalue weighted by Gasteiger charge is 2.23. The van der Waals surface area contributed by atoms with Gasteiger partial charge in [-0.3, -0.25) is 0 Å². The second-order valence-corrected chi connectivity index (χ2v) is 5.04. The third-order valence-corrected chi connectivity index (χ3v) is 3.15. The van der Waals surface area contributed by atoms with Gasteiger partial charge >= 0.3 is 0 Å². The monoisotopic (exact) mass is 234 g/mol. The van der Waals surface area contributed by atoms with Crippen LogP contribution in [-0.4, -0.2) is 18.2 Å². The van der Waals surface area contributed by atoms with Crippen LogP contribution in [0.25, 0.3) is 0 Å². The van der Waals surface area contributed by atoms with Crippen LogP contribution in [-0.2, 0) is 0 Å². The number of benzene rings is 1. The lowest BCUT2D eigenvalue weighted by molar-refractivity contribution is 0.242. The van der Waals surface area contributed by atoms with Crippen molar-refractivity contribution < 1.29 is 4.74 Å². The van der Waals surface area contributed by atoms with Gasteiger partial charge in [-0.2, -0.15) is 0 Å². The van der Waals surface area contributed by atoms with Gasteiger partial charge in [0.05, 0.1) is 6.10 Å². The van der Waals surface area contributed by atoms with E-state index in [4.69, 9.17) is 10.5 Å². The van der Waals surface area contributed by atoms with Crippen LogP contribution >= 0.6 is 0 Å². The van der Waals surface area contributed by atoms with Crippen LogP contribution < -0.4 is 15.8 Å². The van der Waals surface area contributed by atoms with Gasteiger partial charge in [0.25, 0.3) is 0 Å². The van der Waals surface area contributed by atoms with E-state index in [2.05, 4.69) is 17.4 Å². The van der Waals surface area contributed by atoms with Gasteiger partial charge in [-0.25, -0.2) is 0 Å². The first-order valence-corrected chi connectivity index (χ1v) is 6.44. The smallest absolute Gasteiger partial charge is 0.119 e. The maximum Gasteiger partial charge on any atom is 0.119 e. The van der Waals surface area contributed by atoms with E-state index in [-0.39, 0.29) is 6.10 Å². The highest BCUT2D eigenvalue weighted by molar-refractivity contribution is 5.47. The van der Waals surface area contributed by atoms with Crippen molar-refractivity contribution in [2.45, 2.75) is 51.3 Å². The Labute approximate surface area is 103 Å². The number of hydrogen-bond donors (Lipinski definition) is 2. The second-order valence-electron chi connectivity index (χ2n) is 5.04. The van der Waals surface area contributed by atoms with E-state index in [1.54, 1.807) is 0 Å². The lowest BCUT2D eigenvalue weighted by Crippen LogP contribution is -2.35. The average Bonchev–Trinajstić information content (AvgIpc) is 2.67. The molecule has 0 saturated heterocycles. The quantitative estimate of drug-likeness (QED) is 0.842. The number of hydrogen-bond acceptors (Lipinski definition) is 3. The topological polar surface area (TPSA) is 47.3 Å². The summed E-state index contributed by atoms with van der Waals surface area (Å²) in [7, 11) is 0. The molecule has 3 nitrogen and oxygen atoms in total. The summed E-state index contributed by atoms with van der Waals surface area (Å²) in [6.45, 7) is 4.06. The molecular formula is C14H22N2O. The molecule has 3 N–H and O–H groups in total. The fourth-order valence-corrected chi connectivity index (χ4v) is 2.28. The minimum Gasteiger partial charge on any atom is -0.491 e. The van der Waals surface area contributed by atoms with E-state index in [1.807, 2.05) is 26.0 Å². The summed E-state index contributed by atoms with van der Waals surface area (Å²) in [6, 6.07) is 8.84. The second kappa shape index (κ2) is 5.41. The van der Waals surface area contributed by atoms with Crippen molar-refractivity contribution in [1.29, 1.82) is 0 Å². The molecule has 0 aliphatic heterocycles. The summed E-state index contributed by atoms with van der Waals surface area (Å²) in [5.74, 6) is 0.918. The SMILES string of the molecule is CC(C)Oc1ccc(NC2CCCC2N)cc1. The normalized spacial score (nSPS) is 24.0. The van der Waals surface area contributed by atoms with E-state index in [0.717, 1.165) is 17.9 Å². The van der Waals surface area contributed by atoms with Gasteiger partial charge in [0.1, 0.15) is 5.75 Å². The summed E-state index contributed by atoms with van der Waals surface area (Å²) in [6.07, 6.45) is 3.75. The summed E-state index contributed by atoms with van der Waals surface area (Å²) < 4.78 is 5.61. The molecule has 2 unspecified atom stereocenters. The number of rotatable bonds is 4. The van der Waals surface area contributed by atoms with Gasteiger partial charge in [0, 0.05) is 17.8 Å². The third kappa shape index (κ3) is 3.37. The molecule has 2 rings (SSSR count). The maximum absolute atomic E-state index is 6.04. The van der Waals surface area contributed by atoms with E-state index < -0.39 is 0 Å². The molecule has 1 aliphatic carbocycles. The van der Waals surface area contributed by atoms with Crippen molar-refractivity contribution in [2.75, 3.05) is 5.32 Å². The summed E-state index contributed by atoms with van der Waals surface area (Å²) in [5.41, 5.74) is 7.16. The molecule has 1 aliphatic rings. The van der Waals surface area contributed by atoms with Gasteiger partial charge < -0.3 is 15.8 Å². The lowest BCUT2D eigenvalue weighted by atomic mass is 10.1. The van der Waals surface area contributed by atoms with E-state index in [1.165, 1.54) is 12.8 Å². The first-order chi connectivity index (χ1) is 8.15. The molecule has 0 radical (unpaired) electrons. The highest BCUT2D eigenvalue weighted by atomic mass is 16.5. The predicted octanol–water partition coefficient (Wildman–Crippen LogP) is 2.77. The molecule has 0 amide bonds. The van der Waals surface area contributed by atoms with Gasteiger partial charge in [-0.15, -0.1) is 0 Å². The molecule has 0 heterocycles. The minimum atomic E-state index is 0.220. The Morgan fingerprint density at radius 3 is 2.47 bits per heavy atom. The molecular weight excluding hydrogens is 212 g/mol. The summed E-state index contributed by atoms with van der Waals surface area (Å²) in [5, 5.41) is 3.49. The third-order valence-electron chi connectivity index (χ3n) is 3.15. The van der Waals surface area contributed by atoms with Crippen molar-refractivity contribution in [1.82, 2.24) is 0 Å². The predicted molar refractivity (Wildman–Crippen MR) is 71.4 cm³/mol. The Kier molecular flexibility index (Phi) is 3.89. The number of anilines is 1. The molecule has 1 aromatic rings. The standard InChI is InChI=1S/C14H22N2O/c1-10(2)17-12-8-6-11(7-9-12)16-14-5-3-4-13(14)15/h6-10,13-14,16H,3-5,15H2,1-2H3. The Bertz CT molecular complexity index is 348. The fourth-order valence-electron chi connectivity index (χ4n) is 2.28. The minimum absolute atomic E-state index is 0.220. The maximum atomic E-state index is 6.04. The van der Waals surface area contributed by atoms with Gasteiger partial charge in [0.2, 0.25) is 0 Å². The van der Waals surface area contributed by atoms with Crippen LogP contribution in [0.15, 0.2) is 24.3 Å². The van der Waals surface area contributed by atoms with Crippen LogP contribution in [0.5, 0.6) is 5.75 Å². The Morgan fingerprint density at radius 1 is 1.24 bits per heavy atom. The van der Waals surface area contributed by atoms with Crippen molar-refractivity contribution in [3.63, 3.8) is 0 Å². The lowest BCUT2D eigenvalue weighted by Gasteiger charge is -2.19. The zero-order chi connectivity index (χ0) is 12.3. The van der Waals surface area contributed by atoms with Crippen molar-refractivity contribution >= 4 is 5.69 Å². The Hall–Kier alpha value is -1.22. The molecule has 1 saturated carbocycles. The molecule has 3 heteroatoms. The molecule has 0 spiro atoms. The van der Waals surface area contributed by atoms with Gasteiger partial charge in [-0.1, -0.05) is 0 Å². The van der Waals surface area contributed by atoms with Crippen LogP contribution in [0.2, 0.25) is 0 Å². The van der Waals surface area contributed by atoms with E-state index in [9.17, 15) is 0 Å². The zero-order valence-corrected chi connectivity index (χ0v) is 10.6. The zero-order valence-electron chi connectivity index (χ0n) is 10.6. The summed E-state index contributed by atoms with van der Waals surface area (Å²) in [4.78, 5) is 0. The average molecular weight is 234 g/mol. The molecule has 0 aromatic heterocycles. The van der Waals surface area contributed by atoms with Crippen molar-refractivity contribution in [2.24, 2.45) is 5.73 Å². The number of nitrogens with two attached hydrogens (primary N) is 1.